The number of amides is 1. The van der Waals surface area contributed by atoms with Crippen molar-refractivity contribution in [2.24, 2.45) is 0 Å². The van der Waals surface area contributed by atoms with Crippen LogP contribution in [0.15, 0.2) is 30.5 Å². The number of ether oxygens (including phenoxy) is 1. The summed E-state index contributed by atoms with van der Waals surface area (Å²) in [6.07, 6.45) is -4.09. The third kappa shape index (κ3) is 7.77. The Labute approximate surface area is 234 Å². The van der Waals surface area contributed by atoms with Crippen LogP contribution in [-0.4, -0.2) is 59.1 Å². The molecular formula is C29H34F7N3O2. The largest absolute Gasteiger partial charge is 0.418 e. The number of nitrogens with zero attached hydrogens (tertiary/aromatic N) is 2. The highest BCUT2D eigenvalue weighted by atomic mass is 19.4. The van der Waals surface area contributed by atoms with Gasteiger partial charge in [-0.05, 0) is 76.3 Å². The standard InChI is InChI=1S/C29H34F7N3O2/c1-17(2)39-11-4-5-22(8-12-39)41-23-6-3-9-28(32,33)27(23)38-24(40)15-18-7-10-37-26(25(18)29(34,35)36)19-13-20(30)16-21(31)14-19/h7,10,13-14,16-17,22-23,27H,3-6,8-9,11-12,15H2,1-2H3,(H,38,40)/t22-,23+,27-/m1/s1. The molecule has 4 rings (SSSR count). The number of hydrogen-bond donors (Lipinski definition) is 1. The highest BCUT2D eigenvalue weighted by Crippen LogP contribution is 2.40. The first-order valence-electron chi connectivity index (χ1n) is 13.8. The van der Waals surface area contributed by atoms with Crippen LogP contribution in [-0.2, 0) is 22.1 Å². The van der Waals surface area contributed by atoms with Crippen LogP contribution in [0.2, 0.25) is 0 Å². The molecule has 1 aliphatic carbocycles. The molecule has 1 aliphatic heterocycles. The van der Waals surface area contributed by atoms with Crippen LogP contribution in [0.1, 0.15) is 63.5 Å². The predicted octanol–water partition coefficient (Wildman–Crippen LogP) is 6.54. The Bertz CT molecular complexity index is 1200. The Kier molecular flexibility index (Phi) is 9.63. The summed E-state index contributed by atoms with van der Waals surface area (Å²) in [5.41, 5.74) is -3.16. The maximum Gasteiger partial charge on any atom is 0.418 e. The molecule has 2 aliphatic rings. The van der Waals surface area contributed by atoms with Gasteiger partial charge in [0.2, 0.25) is 5.91 Å². The normalized spacial score (nSPS) is 23.8. The van der Waals surface area contributed by atoms with E-state index in [9.17, 15) is 26.7 Å². The van der Waals surface area contributed by atoms with Crippen molar-refractivity contribution in [2.75, 3.05) is 13.1 Å². The van der Waals surface area contributed by atoms with E-state index in [0.717, 1.165) is 31.8 Å². The van der Waals surface area contributed by atoms with Gasteiger partial charge in [0.25, 0.3) is 5.92 Å². The van der Waals surface area contributed by atoms with Crippen molar-refractivity contribution in [3.05, 3.63) is 53.2 Å². The van der Waals surface area contributed by atoms with Gasteiger partial charge in [-0.2, -0.15) is 13.2 Å². The minimum Gasteiger partial charge on any atom is -0.373 e. The van der Waals surface area contributed by atoms with Crippen molar-refractivity contribution in [2.45, 2.75) is 95.2 Å². The van der Waals surface area contributed by atoms with Gasteiger partial charge in [-0.15, -0.1) is 0 Å². The second-order valence-electron chi connectivity index (χ2n) is 11.1. The summed E-state index contributed by atoms with van der Waals surface area (Å²) in [7, 11) is 0. The maximum atomic E-state index is 15.1. The molecule has 1 aromatic carbocycles. The molecule has 12 heteroatoms. The first-order chi connectivity index (χ1) is 19.2. The highest BCUT2D eigenvalue weighted by Gasteiger charge is 2.49. The van der Waals surface area contributed by atoms with E-state index in [0.29, 0.717) is 37.1 Å². The van der Waals surface area contributed by atoms with E-state index in [1.54, 1.807) is 0 Å². The van der Waals surface area contributed by atoms with Crippen molar-refractivity contribution in [1.82, 2.24) is 15.2 Å². The van der Waals surface area contributed by atoms with E-state index >= 15 is 8.78 Å². The molecule has 1 saturated carbocycles. The minimum atomic E-state index is -5.05. The molecule has 1 amide bonds. The number of aromatic nitrogens is 1. The first-order valence-corrected chi connectivity index (χ1v) is 13.8. The number of likely N-dealkylation sites (tertiary alicyclic amines) is 1. The SMILES string of the molecule is CC(C)N1CCC[C@@H](O[C@H]2CCCC(F)(F)[C@@H]2NC(=O)Cc2ccnc(-c3cc(F)cc(F)c3)c2C(F)(F)F)CC1. The molecule has 0 unspecified atom stereocenters. The third-order valence-electron chi connectivity index (χ3n) is 7.76. The van der Waals surface area contributed by atoms with Gasteiger partial charge >= 0.3 is 6.18 Å². The Morgan fingerprint density at radius 1 is 1.10 bits per heavy atom. The summed E-state index contributed by atoms with van der Waals surface area (Å²) < 4.78 is 106. The van der Waals surface area contributed by atoms with E-state index in [4.69, 9.17) is 4.74 Å². The molecule has 1 N–H and O–H groups in total. The van der Waals surface area contributed by atoms with Crippen LogP contribution in [0, 0.1) is 11.6 Å². The number of rotatable bonds is 7. The molecule has 2 aromatic rings. The molecule has 0 spiro atoms. The molecule has 226 valence electrons. The lowest BCUT2D eigenvalue weighted by atomic mass is 9.88. The lowest BCUT2D eigenvalue weighted by molar-refractivity contribution is -0.154. The van der Waals surface area contributed by atoms with Crippen molar-refractivity contribution in [1.29, 1.82) is 0 Å². The molecule has 0 bridgehead atoms. The summed E-state index contributed by atoms with van der Waals surface area (Å²) in [5.74, 6) is -6.57. The Morgan fingerprint density at radius 2 is 1.80 bits per heavy atom. The fraction of sp³-hybridized carbons (Fsp3) is 0.586. The molecule has 1 aromatic heterocycles. The van der Waals surface area contributed by atoms with Gasteiger partial charge in [-0.1, -0.05) is 0 Å². The van der Waals surface area contributed by atoms with E-state index in [1.165, 1.54) is 0 Å². The van der Waals surface area contributed by atoms with Gasteiger partial charge in [-0.25, -0.2) is 17.6 Å². The molecular weight excluding hydrogens is 555 g/mol. The monoisotopic (exact) mass is 589 g/mol. The average Bonchev–Trinajstić information content (AvgIpc) is 3.10. The quantitative estimate of drug-likeness (QED) is 0.373. The molecule has 2 heterocycles. The van der Waals surface area contributed by atoms with Gasteiger partial charge in [0, 0.05) is 36.8 Å². The molecule has 2 fully saturated rings. The van der Waals surface area contributed by atoms with Gasteiger partial charge in [0.1, 0.15) is 17.7 Å². The number of hydrogen-bond acceptors (Lipinski definition) is 4. The van der Waals surface area contributed by atoms with Gasteiger partial charge < -0.3 is 15.0 Å². The Morgan fingerprint density at radius 3 is 2.46 bits per heavy atom. The van der Waals surface area contributed by atoms with Crippen LogP contribution in [0.25, 0.3) is 11.3 Å². The smallest absolute Gasteiger partial charge is 0.373 e. The zero-order chi connectivity index (χ0) is 29.9. The molecule has 0 radical (unpaired) electrons. The van der Waals surface area contributed by atoms with Crippen molar-refractivity contribution >= 4 is 5.91 Å². The number of alkyl halides is 5. The molecule has 3 atom stereocenters. The van der Waals surface area contributed by atoms with E-state index < -0.39 is 77.0 Å². The lowest BCUT2D eigenvalue weighted by Crippen LogP contribution is -2.58. The Balaban J connectivity index is 1.54. The van der Waals surface area contributed by atoms with Crippen LogP contribution in [0.4, 0.5) is 30.7 Å². The van der Waals surface area contributed by atoms with Crippen LogP contribution in [0.3, 0.4) is 0 Å². The second kappa shape index (κ2) is 12.6. The van der Waals surface area contributed by atoms with E-state index in [1.807, 2.05) is 0 Å². The zero-order valence-corrected chi connectivity index (χ0v) is 22.9. The van der Waals surface area contributed by atoms with Crippen LogP contribution >= 0.6 is 0 Å². The summed E-state index contributed by atoms with van der Waals surface area (Å²) in [5, 5.41) is 2.26. The lowest BCUT2D eigenvalue weighted by Gasteiger charge is -2.39. The van der Waals surface area contributed by atoms with E-state index in [2.05, 4.69) is 29.0 Å². The molecule has 41 heavy (non-hydrogen) atoms. The molecule has 1 saturated heterocycles. The van der Waals surface area contributed by atoms with Crippen LogP contribution < -0.4 is 5.32 Å². The Hall–Kier alpha value is -2.73. The number of carbonyl (C=O) groups excluding carboxylic acids is 1. The number of nitrogens with one attached hydrogen (secondary N) is 1. The summed E-state index contributed by atoms with van der Waals surface area (Å²) >= 11 is 0. The van der Waals surface area contributed by atoms with Crippen molar-refractivity contribution in [3.63, 3.8) is 0 Å². The highest BCUT2D eigenvalue weighted by molar-refractivity contribution is 5.80. The maximum absolute atomic E-state index is 15.1. The average molecular weight is 590 g/mol. The summed E-state index contributed by atoms with van der Waals surface area (Å²) in [6, 6.07) is 1.48. The van der Waals surface area contributed by atoms with Crippen molar-refractivity contribution < 1.29 is 40.3 Å². The molecule has 5 nitrogen and oxygen atoms in total. The second-order valence-corrected chi connectivity index (χ2v) is 11.1. The summed E-state index contributed by atoms with van der Waals surface area (Å²) in [4.78, 5) is 19.0. The minimum absolute atomic E-state index is 0.186. The number of benzene rings is 1. The van der Waals surface area contributed by atoms with Gasteiger partial charge in [0.15, 0.2) is 0 Å². The zero-order valence-electron chi connectivity index (χ0n) is 22.9. The van der Waals surface area contributed by atoms with Crippen LogP contribution in [0.5, 0.6) is 0 Å². The topological polar surface area (TPSA) is 54.5 Å². The fourth-order valence-corrected chi connectivity index (χ4v) is 5.74. The summed E-state index contributed by atoms with van der Waals surface area (Å²) in [6.45, 7) is 5.79. The predicted molar refractivity (Wildman–Crippen MR) is 138 cm³/mol. The van der Waals surface area contributed by atoms with Gasteiger partial charge in [-0.3, -0.25) is 9.78 Å². The van der Waals surface area contributed by atoms with Crippen molar-refractivity contribution in [3.8, 4) is 11.3 Å². The first kappa shape index (κ1) is 31.2. The number of carbonyl (C=O) groups is 1. The van der Waals surface area contributed by atoms with E-state index in [-0.39, 0.29) is 18.9 Å². The third-order valence-corrected chi connectivity index (χ3v) is 7.76. The van der Waals surface area contributed by atoms with Gasteiger partial charge in [0.05, 0.1) is 29.9 Å². The number of halogens is 7. The fourth-order valence-electron chi connectivity index (χ4n) is 5.74. The number of pyridine rings is 1.